The number of carbonyl (C=O) groups excluding carboxylic acids is 1. The number of benzene rings is 2. The molecule has 3 aromatic rings. The van der Waals surface area contributed by atoms with E-state index in [0.717, 1.165) is 15.6 Å². The van der Waals surface area contributed by atoms with E-state index >= 15 is 0 Å². The van der Waals surface area contributed by atoms with Gasteiger partial charge in [-0.2, -0.15) is 0 Å². The van der Waals surface area contributed by atoms with Gasteiger partial charge in [-0.25, -0.2) is 0 Å². The summed E-state index contributed by atoms with van der Waals surface area (Å²) in [5.41, 5.74) is 1.34. The lowest BCUT2D eigenvalue weighted by Gasteiger charge is -2.08. The van der Waals surface area contributed by atoms with Crippen molar-refractivity contribution in [1.82, 2.24) is 4.98 Å². The molecule has 0 bridgehead atoms. The lowest BCUT2D eigenvalue weighted by molar-refractivity contribution is 0.108. The maximum Gasteiger partial charge on any atom is 0.291 e. The molecule has 110 valence electrons. The molecule has 0 saturated heterocycles. The summed E-state index contributed by atoms with van der Waals surface area (Å²) >= 11 is 8.85. The Morgan fingerprint density at radius 1 is 1.09 bits per heavy atom. The molecule has 2 N–H and O–H groups in total. The van der Waals surface area contributed by atoms with Gasteiger partial charge < -0.3 is 10.1 Å². The molecule has 6 heteroatoms. The smallest absolute Gasteiger partial charge is 0.291 e. The van der Waals surface area contributed by atoms with Crippen LogP contribution in [-0.4, -0.2) is 15.3 Å². The molecular formula is C16H9BrClNO3. The summed E-state index contributed by atoms with van der Waals surface area (Å²) in [6.07, 6.45) is 0. The molecule has 0 fully saturated rings. The Morgan fingerprint density at radius 2 is 1.73 bits per heavy atom. The van der Waals surface area contributed by atoms with Crippen LogP contribution >= 0.6 is 27.5 Å². The van der Waals surface area contributed by atoms with E-state index in [4.69, 9.17) is 11.6 Å². The van der Waals surface area contributed by atoms with Gasteiger partial charge in [-0.15, -0.1) is 0 Å². The number of aromatic nitrogens is 1. The van der Waals surface area contributed by atoms with Crippen molar-refractivity contribution in [3.05, 3.63) is 62.9 Å². The van der Waals surface area contributed by atoms with E-state index in [0.29, 0.717) is 10.9 Å². The minimum Gasteiger partial charge on any atom is -0.502 e. The van der Waals surface area contributed by atoms with Crippen LogP contribution in [0.3, 0.4) is 0 Å². The summed E-state index contributed by atoms with van der Waals surface area (Å²) in [4.78, 5) is 25.7. The van der Waals surface area contributed by atoms with Gasteiger partial charge in [0.2, 0.25) is 0 Å². The Balaban J connectivity index is 2.27. The van der Waals surface area contributed by atoms with Crippen molar-refractivity contribution in [1.29, 1.82) is 0 Å². The number of halogens is 2. The molecule has 2 aromatic carbocycles. The van der Waals surface area contributed by atoms with Gasteiger partial charge in [0.25, 0.3) is 10.8 Å². The lowest BCUT2D eigenvalue weighted by atomic mass is 10.0. The van der Waals surface area contributed by atoms with Gasteiger partial charge in [0.15, 0.2) is 5.75 Å². The van der Waals surface area contributed by atoms with E-state index in [-0.39, 0.29) is 5.56 Å². The standard InChI is InChI=1S/C16H9BrClNO3/c17-10-4-1-8(2-5-10)9-3-6-11-12(7-9)19-16(22)14(20)13(11)15(18)21/h1-7,20H,(H,19,22). The maximum absolute atomic E-state index is 11.7. The molecule has 0 atom stereocenters. The zero-order chi connectivity index (χ0) is 15.9. The Kier molecular flexibility index (Phi) is 3.76. The van der Waals surface area contributed by atoms with Crippen LogP contribution in [0.25, 0.3) is 22.0 Å². The number of aromatic hydroxyl groups is 1. The summed E-state index contributed by atoms with van der Waals surface area (Å²) in [5, 5.41) is 9.26. The molecule has 3 rings (SSSR count). The van der Waals surface area contributed by atoms with Gasteiger partial charge in [0, 0.05) is 15.4 Å². The largest absolute Gasteiger partial charge is 0.502 e. The number of hydrogen-bond donors (Lipinski definition) is 2. The molecule has 4 nitrogen and oxygen atoms in total. The van der Waals surface area contributed by atoms with Gasteiger partial charge >= 0.3 is 0 Å². The summed E-state index contributed by atoms with van der Waals surface area (Å²) in [6.45, 7) is 0. The van der Waals surface area contributed by atoms with Gasteiger partial charge in [-0.1, -0.05) is 40.2 Å². The molecular weight excluding hydrogens is 370 g/mol. The zero-order valence-electron chi connectivity index (χ0n) is 11.1. The van der Waals surface area contributed by atoms with Crippen molar-refractivity contribution in [2.45, 2.75) is 0 Å². The molecule has 22 heavy (non-hydrogen) atoms. The number of nitrogens with one attached hydrogen (secondary N) is 1. The first-order valence-corrected chi connectivity index (χ1v) is 7.49. The topological polar surface area (TPSA) is 70.2 Å². The van der Waals surface area contributed by atoms with Gasteiger partial charge in [0.1, 0.15) is 0 Å². The van der Waals surface area contributed by atoms with Gasteiger partial charge in [-0.05, 0) is 40.9 Å². The average Bonchev–Trinajstić information content (AvgIpc) is 2.48. The maximum atomic E-state index is 11.7. The van der Waals surface area contributed by atoms with E-state index in [9.17, 15) is 14.7 Å². The van der Waals surface area contributed by atoms with Crippen LogP contribution in [0.1, 0.15) is 10.4 Å². The van der Waals surface area contributed by atoms with Gasteiger partial charge in [0.05, 0.1) is 5.56 Å². The molecule has 0 aliphatic carbocycles. The van der Waals surface area contributed by atoms with E-state index in [1.807, 2.05) is 24.3 Å². The number of carbonyl (C=O) groups is 1. The summed E-state index contributed by atoms with van der Waals surface area (Å²) in [7, 11) is 0. The third-order valence-corrected chi connectivity index (χ3v) is 4.08. The molecule has 1 aromatic heterocycles. The summed E-state index contributed by atoms with van der Waals surface area (Å²) < 4.78 is 0.963. The van der Waals surface area contributed by atoms with Crippen molar-refractivity contribution < 1.29 is 9.90 Å². The predicted molar refractivity (Wildman–Crippen MR) is 89.6 cm³/mol. The van der Waals surface area contributed by atoms with Crippen LogP contribution in [0.2, 0.25) is 0 Å². The highest BCUT2D eigenvalue weighted by atomic mass is 79.9. The quantitative estimate of drug-likeness (QED) is 0.661. The first kappa shape index (κ1) is 14.8. The number of hydrogen-bond acceptors (Lipinski definition) is 3. The molecule has 1 heterocycles. The van der Waals surface area contributed by atoms with Crippen LogP contribution < -0.4 is 5.56 Å². The minimum absolute atomic E-state index is 0.178. The Labute approximate surface area is 138 Å². The summed E-state index contributed by atoms with van der Waals surface area (Å²) in [6, 6.07) is 12.9. The molecule has 0 aliphatic rings. The fraction of sp³-hybridized carbons (Fsp3) is 0. The second-order valence-corrected chi connectivity index (χ2v) is 5.98. The number of pyridine rings is 1. The Hall–Kier alpha value is -2.11. The Morgan fingerprint density at radius 3 is 2.36 bits per heavy atom. The molecule has 0 amide bonds. The highest BCUT2D eigenvalue weighted by molar-refractivity contribution is 9.10. The number of rotatable bonds is 2. The summed E-state index contributed by atoms with van der Waals surface area (Å²) in [5.74, 6) is -0.663. The number of fused-ring (bicyclic) bond motifs is 1. The average molecular weight is 379 g/mol. The Bertz CT molecular complexity index is 948. The highest BCUT2D eigenvalue weighted by Gasteiger charge is 2.17. The second-order valence-electron chi connectivity index (χ2n) is 4.72. The van der Waals surface area contributed by atoms with Crippen LogP contribution in [0.4, 0.5) is 0 Å². The van der Waals surface area contributed by atoms with Crippen LogP contribution in [0.15, 0.2) is 51.7 Å². The van der Waals surface area contributed by atoms with E-state index in [2.05, 4.69) is 20.9 Å². The van der Waals surface area contributed by atoms with Crippen molar-refractivity contribution in [3.8, 4) is 16.9 Å². The SMILES string of the molecule is O=C(Cl)c1c(O)c(=O)[nH]c2cc(-c3ccc(Br)cc3)ccc12. The van der Waals surface area contributed by atoms with Crippen LogP contribution in [-0.2, 0) is 0 Å². The van der Waals surface area contributed by atoms with E-state index < -0.39 is 16.6 Å². The molecule has 0 aliphatic heterocycles. The molecule has 0 unspecified atom stereocenters. The molecule has 0 saturated carbocycles. The third kappa shape index (κ3) is 2.53. The van der Waals surface area contributed by atoms with Crippen molar-refractivity contribution in [2.75, 3.05) is 0 Å². The first-order chi connectivity index (χ1) is 10.5. The minimum atomic E-state index is -0.870. The fourth-order valence-corrected chi connectivity index (χ4v) is 2.76. The van der Waals surface area contributed by atoms with Gasteiger partial charge in [-0.3, -0.25) is 9.59 Å². The lowest BCUT2D eigenvalue weighted by Crippen LogP contribution is -2.10. The van der Waals surface area contributed by atoms with Crippen molar-refractivity contribution in [2.24, 2.45) is 0 Å². The number of H-pyrrole nitrogens is 1. The van der Waals surface area contributed by atoms with E-state index in [1.54, 1.807) is 18.2 Å². The fourth-order valence-electron chi connectivity index (χ4n) is 2.31. The van der Waals surface area contributed by atoms with Crippen molar-refractivity contribution >= 4 is 43.7 Å². The highest BCUT2D eigenvalue weighted by Crippen LogP contribution is 2.29. The predicted octanol–water partition coefficient (Wildman–Crippen LogP) is 4.04. The monoisotopic (exact) mass is 377 g/mol. The normalized spacial score (nSPS) is 10.8. The second kappa shape index (κ2) is 5.59. The number of aromatic amines is 1. The van der Waals surface area contributed by atoms with Crippen LogP contribution in [0.5, 0.6) is 5.75 Å². The van der Waals surface area contributed by atoms with E-state index in [1.165, 1.54) is 0 Å². The molecule has 0 spiro atoms. The molecule has 0 radical (unpaired) electrons. The van der Waals surface area contributed by atoms with Crippen LogP contribution in [0, 0.1) is 0 Å². The van der Waals surface area contributed by atoms with Crippen molar-refractivity contribution in [3.63, 3.8) is 0 Å². The first-order valence-electron chi connectivity index (χ1n) is 6.32. The third-order valence-electron chi connectivity index (χ3n) is 3.36. The zero-order valence-corrected chi connectivity index (χ0v) is 13.4.